The van der Waals surface area contributed by atoms with Gasteiger partial charge in [-0.2, -0.15) is 0 Å². The van der Waals surface area contributed by atoms with Crippen molar-refractivity contribution in [1.29, 1.82) is 0 Å². The van der Waals surface area contributed by atoms with Gasteiger partial charge in [0.1, 0.15) is 5.82 Å². The normalized spacial score (nSPS) is 16.3. The summed E-state index contributed by atoms with van der Waals surface area (Å²) >= 11 is 0. The Morgan fingerprint density at radius 1 is 1.44 bits per heavy atom. The first-order valence-corrected chi connectivity index (χ1v) is 5.72. The van der Waals surface area contributed by atoms with Gasteiger partial charge in [-0.25, -0.2) is 19.8 Å². The predicted molar refractivity (Wildman–Crippen MR) is 64.1 cm³/mol. The summed E-state index contributed by atoms with van der Waals surface area (Å²) in [5.41, 5.74) is 3.84. The van der Waals surface area contributed by atoms with Crippen LogP contribution in [0.15, 0.2) is 6.07 Å². The van der Waals surface area contributed by atoms with E-state index in [1.165, 1.54) is 7.11 Å². The quantitative estimate of drug-likeness (QED) is 0.772. The third-order valence-corrected chi connectivity index (χ3v) is 2.51. The summed E-state index contributed by atoms with van der Waals surface area (Å²) in [6.07, 6.45) is 0. The molecule has 1 saturated heterocycles. The van der Waals surface area contributed by atoms with E-state index in [0.717, 1.165) is 13.1 Å². The Morgan fingerprint density at radius 3 is 2.83 bits per heavy atom. The molecule has 0 atom stereocenters. The zero-order chi connectivity index (χ0) is 13.0. The van der Waals surface area contributed by atoms with E-state index in [-0.39, 0.29) is 5.82 Å². The van der Waals surface area contributed by atoms with Gasteiger partial charge in [0.2, 0.25) is 5.82 Å². The summed E-state index contributed by atoms with van der Waals surface area (Å²) in [4.78, 5) is 19.5. The molecule has 0 amide bonds. The molecule has 7 nitrogen and oxygen atoms in total. The van der Waals surface area contributed by atoms with Crippen LogP contribution in [0.2, 0.25) is 0 Å². The number of aromatic nitrogens is 2. The summed E-state index contributed by atoms with van der Waals surface area (Å²) in [5, 5.41) is 1.99. The van der Waals surface area contributed by atoms with E-state index in [2.05, 4.69) is 20.1 Å². The lowest BCUT2D eigenvalue weighted by Gasteiger charge is -2.27. The molecule has 0 aliphatic carbocycles. The van der Waals surface area contributed by atoms with Crippen LogP contribution in [-0.4, -0.2) is 54.4 Å². The van der Waals surface area contributed by atoms with Crippen molar-refractivity contribution >= 4 is 11.8 Å². The Bertz CT molecular complexity index is 432. The molecule has 0 radical (unpaired) electrons. The first kappa shape index (κ1) is 12.7. The van der Waals surface area contributed by atoms with Crippen molar-refractivity contribution in [2.24, 2.45) is 0 Å². The molecule has 1 fully saturated rings. The van der Waals surface area contributed by atoms with E-state index in [0.29, 0.717) is 24.7 Å². The summed E-state index contributed by atoms with van der Waals surface area (Å²) in [6, 6.07) is 1.78. The number of hydrogen-bond donors (Lipinski definition) is 1. The molecule has 0 spiro atoms. The lowest BCUT2D eigenvalue weighted by atomic mass is 10.4. The highest BCUT2D eigenvalue weighted by molar-refractivity contribution is 5.85. The third kappa shape index (κ3) is 3.14. The number of hydrazine groups is 1. The minimum absolute atomic E-state index is 0.0632. The summed E-state index contributed by atoms with van der Waals surface area (Å²) < 4.78 is 9.86. The summed E-state index contributed by atoms with van der Waals surface area (Å²) in [6.45, 7) is 4.72. The minimum Gasteiger partial charge on any atom is -0.463 e. The number of aryl methyl sites for hydroxylation is 1. The molecule has 1 aromatic heterocycles. The van der Waals surface area contributed by atoms with Gasteiger partial charge in [0.25, 0.3) is 0 Å². The van der Waals surface area contributed by atoms with Crippen LogP contribution >= 0.6 is 0 Å². The Kier molecular flexibility index (Phi) is 4.06. The van der Waals surface area contributed by atoms with Crippen LogP contribution in [0.5, 0.6) is 0 Å². The molecular formula is C11H16N4O3. The standard InChI is InChI=1S/C11H16N4O3/c1-8-7-9(13-10(12-8)11(16)17-2)14-15-3-5-18-6-4-15/h7H,3-6H2,1-2H3,(H,12,13,14). The second kappa shape index (κ2) is 5.74. The maximum atomic E-state index is 11.4. The number of methoxy groups -OCH3 is 1. The van der Waals surface area contributed by atoms with Crippen molar-refractivity contribution in [1.82, 2.24) is 15.0 Å². The topological polar surface area (TPSA) is 76.6 Å². The van der Waals surface area contributed by atoms with Gasteiger partial charge < -0.3 is 14.9 Å². The lowest BCUT2D eigenvalue weighted by Crippen LogP contribution is -2.40. The minimum atomic E-state index is -0.538. The molecule has 1 aliphatic rings. The van der Waals surface area contributed by atoms with Crippen LogP contribution in [0, 0.1) is 6.92 Å². The monoisotopic (exact) mass is 252 g/mol. The van der Waals surface area contributed by atoms with E-state index >= 15 is 0 Å². The molecule has 18 heavy (non-hydrogen) atoms. The van der Waals surface area contributed by atoms with Gasteiger partial charge in [0, 0.05) is 24.8 Å². The molecule has 2 heterocycles. The Labute approximate surface area is 105 Å². The maximum absolute atomic E-state index is 11.4. The highest BCUT2D eigenvalue weighted by Crippen LogP contribution is 2.09. The fraction of sp³-hybridized carbons (Fsp3) is 0.545. The van der Waals surface area contributed by atoms with E-state index in [1.807, 2.05) is 5.01 Å². The highest BCUT2D eigenvalue weighted by Gasteiger charge is 2.14. The van der Waals surface area contributed by atoms with Crippen molar-refractivity contribution in [2.75, 3.05) is 38.8 Å². The van der Waals surface area contributed by atoms with Gasteiger partial charge in [-0.15, -0.1) is 0 Å². The van der Waals surface area contributed by atoms with Gasteiger partial charge in [-0.1, -0.05) is 0 Å². The Hall–Kier alpha value is -1.73. The largest absolute Gasteiger partial charge is 0.463 e. The molecule has 1 N–H and O–H groups in total. The second-order valence-electron chi connectivity index (χ2n) is 3.92. The first-order chi connectivity index (χ1) is 8.69. The zero-order valence-electron chi connectivity index (χ0n) is 10.5. The number of nitrogens with zero attached hydrogens (tertiary/aromatic N) is 3. The van der Waals surface area contributed by atoms with E-state index in [4.69, 9.17) is 4.74 Å². The highest BCUT2D eigenvalue weighted by atomic mass is 16.5. The Morgan fingerprint density at radius 2 is 2.17 bits per heavy atom. The number of nitrogens with one attached hydrogen (secondary N) is 1. The number of anilines is 1. The van der Waals surface area contributed by atoms with Gasteiger partial charge in [0.15, 0.2) is 0 Å². The molecule has 0 aromatic carbocycles. The fourth-order valence-electron chi connectivity index (χ4n) is 1.65. The summed E-state index contributed by atoms with van der Waals surface area (Å²) in [7, 11) is 1.31. The molecule has 7 heteroatoms. The zero-order valence-corrected chi connectivity index (χ0v) is 10.5. The van der Waals surface area contributed by atoms with Crippen LogP contribution < -0.4 is 5.43 Å². The average Bonchev–Trinajstić information content (AvgIpc) is 2.38. The lowest BCUT2D eigenvalue weighted by molar-refractivity contribution is 0.0493. The molecule has 1 aliphatic heterocycles. The number of carbonyl (C=O) groups excluding carboxylic acids is 1. The number of carbonyl (C=O) groups is 1. The summed E-state index contributed by atoms with van der Waals surface area (Å²) in [5.74, 6) is 0.113. The van der Waals surface area contributed by atoms with E-state index in [9.17, 15) is 4.79 Å². The average molecular weight is 252 g/mol. The smallest absolute Gasteiger partial charge is 0.376 e. The van der Waals surface area contributed by atoms with Crippen molar-refractivity contribution in [3.63, 3.8) is 0 Å². The molecule has 0 saturated carbocycles. The number of ether oxygens (including phenoxy) is 2. The van der Waals surface area contributed by atoms with Crippen LogP contribution in [0.1, 0.15) is 16.3 Å². The molecule has 2 rings (SSSR count). The fourth-order valence-corrected chi connectivity index (χ4v) is 1.65. The van der Waals surface area contributed by atoms with Crippen LogP contribution in [-0.2, 0) is 9.47 Å². The van der Waals surface area contributed by atoms with Crippen molar-refractivity contribution < 1.29 is 14.3 Å². The first-order valence-electron chi connectivity index (χ1n) is 5.72. The van der Waals surface area contributed by atoms with Crippen molar-refractivity contribution in [2.45, 2.75) is 6.92 Å². The van der Waals surface area contributed by atoms with E-state index in [1.54, 1.807) is 13.0 Å². The molecule has 1 aromatic rings. The number of rotatable bonds is 3. The van der Waals surface area contributed by atoms with Gasteiger partial charge in [-0.3, -0.25) is 0 Å². The van der Waals surface area contributed by atoms with Gasteiger partial charge in [0.05, 0.1) is 20.3 Å². The molecular weight excluding hydrogens is 236 g/mol. The molecule has 0 unspecified atom stereocenters. The van der Waals surface area contributed by atoms with Gasteiger partial charge in [-0.05, 0) is 6.92 Å². The maximum Gasteiger partial charge on any atom is 0.376 e. The predicted octanol–water partition coefficient (Wildman–Crippen LogP) is 0.231. The molecule has 0 bridgehead atoms. The van der Waals surface area contributed by atoms with Crippen molar-refractivity contribution in [3.8, 4) is 0 Å². The second-order valence-corrected chi connectivity index (χ2v) is 3.92. The molecule has 98 valence electrons. The van der Waals surface area contributed by atoms with Crippen LogP contribution in [0.4, 0.5) is 5.82 Å². The van der Waals surface area contributed by atoms with Crippen molar-refractivity contribution in [3.05, 3.63) is 17.6 Å². The van der Waals surface area contributed by atoms with E-state index < -0.39 is 5.97 Å². The number of morpholine rings is 1. The SMILES string of the molecule is COC(=O)c1nc(C)cc(NN2CCOCC2)n1. The third-order valence-electron chi connectivity index (χ3n) is 2.51. The Balaban J connectivity index is 2.11. The number of hydrogen-bond acceptors (Lipinski definition) is 7. The number of esters is 1. The van der Waals surface area contributed by atoms with Crippen LogP contribution in [0.3, 0.4) is 0 Å². The van der Waals surface area contributed by atoms with Gasteiger partial charge >= 0.3 is 5.97 Å². The van der Waals surface area contributed by atoms with Crippen LogP contribution in [0.25, 0.3) is 0 Å².